The maximum absolute atomic E-state index is 12.7. The fraction of sp³-hybridized carbons (Fsp3) is 0.562. The Balaban J connectivity index is 2.28. The number of hydrogen-bond donors (Lipinski definition) is 2. The second-order valence-corrected chi connectivity index (χ2v) is 5.32. The van der Waals surface area contributed by atoms with Crippen molar-refractivity contribution in [3.8, 4) is 5.75 Å². The van der Waals surface area contributed by atoms with Crippen LogP contribution in [0.1, 0.15) is 39.5 Å². The second kappa shape index (κ2) is 8.62. The number of carboxylic acid groups (broad SMARTS) is 1. The van der Waals surface area contributed by atoms with Gasteiger partial charge in [-0.3, -0.25) is 4.79 Å². The number of benzene rings is 1. The monoisotopic (exact) mass is 297 g/mol. The molecule has 0 saturated carbocycles. The Labute approximate surface area is 125 Å². The van der Waals surface area contributed by atoms with Crippen LogP contribution in [0.4, 0.5) is 4.39 Å². The van der Waals surface area contributed by atoms with Gasteiger partial charge >= 0.3 is 5.97 Å². The summed E-state index contributed by atoms with van der Waals surface area (Å²) < 4.78 is 18.2. The molecule has 0 bridgehead atoms. The lowest BCUT2D eigenvalue weighted by Gasteiger charge is -2.26. The summed E-state index contributed by atoms with van der Waals surface area (Å²) in [6.45, 7) is 4.90. The van der Waals surface area contributed by atoms with Crippen LogP contribution in [-0.2, 0) is 4.79 Å². The molecule has 1 rings (SSSR count). The Hall–Kier alpha value is -1.62. The van der Waals surface area contributed by atoms with Crippen molar-refractivity contribution in [3.63, 3.8) is 0 Å². The molecule has 0 amide bonds. The van der Waals surface area contributed by atoms with Gasteiger partial charge in [-0.15, -0.1) is 0 Å². The fourth-order valence-corrected chi connectivity index (χ4v) is 1.97. The van der Waals surface area contributed by atoms with Crippen molar-refractivity contribution in [2.45, 2.75) is 45.1 Å². The van der Waals surface area contributed by atoms with E-state index in [0.29, 0.717) is 25.3 Å². The number of ether oxygens (including phenoxy) is 1. The lowest BCUT2D eigenvalue weighted by Crippen LogP contribution is -2.49. The first-order valence-corrected chi connectivity index (χ1v) is 7.35. The van der Waals surface area contributed by atoms with Crippen LogP contribution in [0.25, 0.3) is 0 Å². The molecule has 4 nitrogen and oxygen atoms in total. The van der Waals surface area contributed by atoms with E-state index in [0.717, 1.165) is 19.3 Å². The van der Waals surface area contributed by atoms with Crippen molar-refractivity contribution in [1.82, 2.24) is 5.32 Å². The van der Waals surface area contributed by atoms with Crippen molar-refractivity contribution >= 4 is 5.97 Å². The van der Waals surface area contributed by atoms with Crippen LogP contribution in [0.2, 0.25) is 0 Å². The number of hydrogen-bond acceptors (Lipinski definition) is 3. The summed E-state index contributed by atoms with van der Waals surface area (Å²) in [6.07, 6.45) is 2.96. The molecule has 1 unspecified atom stereocenters. The maximum atomic E-state index is 12.7. The van der Waals surface area contributed by atoms with Crippen molar-refractivity contribution in [3.05, 3.63) is 30.1 Å². The van der Waals surface area contributed by atoms with Crippen molar-refractivity contribution < 1.29 is 19.0 Å². The van der Waals surface area contributed by atoms with Gasteiger partial charge in [0.05, 0.1) is 6.61 Å². The predicted octanol–water partition coefficient (Wildman–Crippen LogP) is 3.22. The first-order chi connectivity index (χ1) is 9.98. The minimum absolute atomic E-state index is 0.290. The number of halogens is 1. The molecule has 118 valence electrons. The van der Waals surface area contributed by atoms with Crippen LogP contribution in [-0.4, -0.2) is 29.8 Å². The number of nitrogens with one attached hydrogen (secondary N) is 1. The van der Waals surface area contributed by atoms with Gasteiger partial charge in [-0.05, 0) is 63.4 Å². The van der Waals surface area contributed by atoms with Gasteiger partial charge in [-0.1, -0.05) is 6.92 Å². The Morgan fingerprint density at radius 2 is 2.00 bits per heavy atom. The molecule has 1 aromatic rings. The number of unbranched alkanes of at least 4 members (excludes halogenated alkanes) is 1. The largest absolute Gasteiger partial charge is 0.494 e. The van der Waals surface area contributed by atoms with E-state index in [2.05, 4.69) is 5.32 Å². The topological polar surface area (TPSA) is 58.6 Å². The normalized spacial score (nSPS) is 13.7. The molecule has 0 aromatic heterocycles. The summed E-state index contributed by atoms with van der Waals surface area (Å²) in [7, 11) is 0. The summed E-state index contributed by atoms with van der Waals surface area (Å²) in [5.74, 6) is -0.488. The second-order valence-electron chi connectivity index (χ2n) is 5.32. The average Bonchev–Trinajstić information content (AvgIpc) is 2.46. The molecule has 0 radical (unpaired) electrons. The van der Waals surface area contributed by atoms with E-state index in [1.807, 2.05) is 6.92 Å². The highest BCUT2D eigenvalue weighted by Gasteiger charge is 2.31. The van der Waals surface area contributed by atoms with Crippen LogP contribution in [0, 0.1) is 5.82 Å². The number of aliphatic carboxylic acids is 1. The van der Waals surface area contributed by atoms with Crippen molar-refractivity contribution in [2.24, 2.45) is 0 Å². The maximum Gasteiger partial charge on any atom is 0.323 e. The van der Waals surface area contributed by atoms with Crippen LogP contribution in [0.5, 0.6) is 5.75 Å². The third kappa shape index (κ3) is 6.12. The summed E-state index contributed by atoms with van der Waals surface area (Å²) >= 11 is 0. The zero-order valence-corrected chi connectivity index (χ0v) is 12.7. The van der Waals surface area contributed by atoms with E-state index in [4.69, 9.17) is 4.74 Å². The third-order valence-electron chi connectivity index (χ3n) is 3.39. The summed E-state index contributed by atoms with van der Waals surface area (Å²) in [6, 6.07) is 5.87. The molecule has 5 heteroatoms. The molecule has 0 aliphatic carbocycles. The lowest BCUT2D eigenvalue weighted by molar-refractivity contribution is -0.144. The van der Waals surface area contributed by atoms with Gasteiger partial charge in [0, 0.05) is 0 Å². The smallest absolute Gasteiger partial charge is 0.323 e. The van der Waals surface area contributed by atoms with Crippen molar-refractivity contribution in [2.75, 3.05) is 13.2 Å². The highest BCUT2D eigenvalue weighted by molar-refractivity contribution is 5.78. The zero-order chi connectivity index (χ0) is 15.7. The van der Waals surface area contributed by atoms with E-state index in [9.17, 15) is 14.3 Å². The van der Waals surface area contributed by atoms with Crippen molar-refractivity contribution in [1.29, 1.82) is 0 Å². The molecule has 2 N–H and O–H groups in total. The van der Waals surface area contributed by atoms with Gasteiger partial charge in [-0.2, -0.15) is 0 Å². The Morgan fingerprint density at radius 3 is 2.57 bits per heavy atom. The Kier molecular flexibility index (Phi) is 7.15. The first kappa shape index (κ1) is 17.4. The highest BCUT2D eigenvalue weighted by Crippen LogP contribution is 2.16. The Bertz CT molecular complexity index is 436. The van der Waals surface area contributed by atoms with Crippen LogP contribution < -0.4 is 10.1 Å². The van der Waals surface area contributed by atoms with Crippen LogP contribution in [0.15, 0.2) is 24.3 Å². The molecule has 1 atom stereocenters. The molecule has 0 fully saturated rings. The molecule has 0 aliphatic heterocycles. The van der Waals surface area contributed by atoms with Gasteiger partial charge in [0.15, 0.2) is 0 Å². The molecular weight excluding hydrogens is 273 g/mol. The average molecular weight is 297 g/mol. The molecular formula is C16H24FNO3. The van der Waals surface area contributed by atoms with E-state index in [1.165, 1.54) is 12.1 Å². The standard InChI is InChI=1S/C16H24FNO3/c1-3-11-18-16(2,15(19)20)10-4-5-12-21-14-8-6-13(17)7-9-14/h6-9,18H,3-5,10-12H2,1-2H3,(H,19,20). The number of carboxylic acids is 1. The summed E-state index contributed by atoms with van der Waals surface area (Å²) in [5, 5.41) is 12.4. The van der Waals surface area contributed by atoms with E-state index in [-0.39, 0.29) is 5.82 Å². The van der Waals surface area contributed by atoms with Gasteiger partial charge in [0.2, 0.25) is 0 Å². The minimum atomic E-state index is -0.883. The van der Waals surface area contributed by atoms with E-state index >= 15 is 0 Å². The minimum Gasteiger partial charge on any atom is -0.494 e. The molecule has 0 aliphatic rings. The molecule has 0 spiro atoms. The van der Waals surface area contributed by atoms with E-state index in [1.54, 1.807) is 19.1 Å². The molecule has 0 saturated heterocycles. The SMILES string of the molecule is CCCNC(C)(CCCCOc1ccc(F)cc1)C(=O)O. The number of carbonyl (C=O) groups is 1. The molecule has 21 heavy (non-hydrogen) atoms. The van der Waals surface area contributed by atoms with Gasteiger partial charge in [-0.25, -0.2) is 4.39 Å². The zero-order valence-electron chi connectivity index (χ0n) is 12.7. The number of rotatable bonds is 10. The first-order valence-electron chi connectivity index (χ1n) is 7.35. The van der Waals surface area contributed by atoms with Gasteiger partial charge in [0.25, 0.3) is 0 Å². The van der Waals surface area contributed by atoms with Gasteiger partial charge < -0.3 is 15.2 Å². The van der Waals surface area contributed by atoms with Crippen LogP contribution >= 0.6 is 0 Å². The molecule has 0 heterocycles. The lowest BCUT2D eigenvalue weighted by atomic mass is 9.95. The molecule has 1 aromatic carbocycles. The quantitative estimate of drug-likeness (QED) is 0.651. The Morgan fingerprint density at radius 1 is 1.33 bits per heavy atom. The summed E-state index contributed by atoms with van der Waals surface area (Å²) in [5.41, 5.74) is -0.883. The predicted molar refractivity (Wildman–Crippen MR) is 80.1 cm³/mol. The van der Waals surface area contributed by atoms with Crippen LogP contribution in [0.3, 0.4) is 0 Å². The fourth-order valence-electron chi connectivity index (χ4n) is 1.97. The van der Waals surface area contributed by atoms with E-state index < -0.39 is 11.5 Å². The summed E-state index contributed by atoms with van der Waals surface area (Å²) in [4.78, 5) is 11.3. The van der Waals surface area contributed by atoms with Gasteiger partial charge in [0.1, 0.15) is 17.1 Å². The third-order valence-corrected chi connectivity index (χ3v) is 3.39. The highest BCUT2D eigenvalue weighted by atomic mass is 19.1.